The van der Waals surface area contributed by atoms with E-state index in [9.17, 15) is 4.79 Å². The summed E-state index contributed by atoms with van der Waals surface area (Å²) in [6.07, 6.45) is 2.52. The van der Waals surface area contributed by atoms with Crippen molar-refractivity contribution in [1.82, 2.24) is 14.9 Å². The third-order valence-corrected chi connectivity index (χ3v) is 4.21. The van der Waals surface area contributed by atoms with E-state index in [4.69, 9.17) is 10.5 Å². The van der Waals surface area contributed by atoms with E-state index in [2.05, 4.69) is 15.3 Å². The normalized spacial score (nSPS) is 14.0. The zero-order valence-corrected chi connectivity index (χ0v) is 14.4. The van der Waals surface area contributed by atoms with Crippen LogP contribution in [-0.4, -0.2) is 47.5 Å². The minimum Gasteiger partial charge on any atom is -0.497 e. The summed E-state index contributed by atoms with van der Waals surface area (Å²) in [6.45, 7) is 2.38. The SMILES string of the molecule is COc1ccc(-c2cc(NCCCN3CCCC3=O)nc(N)n2)cc1. The molecule has 1 aromatic carbocycles. The second-order valence-corrected chi connectivity index (χ2v) is 5.99. The summed E-state index contributed by atoms with van der Waals surface area (Å²) in [5.41, 5.74) is 7.54. The van der Waals surface area contributed by atoms with E-state index in [0.29, 0.717) is 12.2 Å². The highest BCUT2D eigenvalue weighted by Gasteiger charge is 2.18. The van der Waals surface area contributed by atoms with Crippen LogP contribution >= 0.6 is 0 Å². The standard InChI is InChI=1S/C18H23N5O2/c1-25-14-7-5-13(6-8-14)15-12-16(22-18(19)21-15)20-9-3-11-23-10-2-4-17(23)24/h5-8,12H,2-4,9-11H2,1H3,(H3,19,20,21,22). The Bertz CT molecular complexity index is 733. The molecular weight excluding hydrogens is 318 g/mol. The Labute approximate surface area is 147 Å². The molecule has 132 valence electrons. The molecule has 3 N–H and O–H groups in total. The van der Waals surface area contributed by atoms with Crippen molar-refractivity contribution in [1.29, 1.82) is 0 Å². The van der Waals surface area contributed by atoms with E-state index in [1.54, 1.807) is 7.11 Å². The number of carbonyl (C=O) groups excluding carboxylic acids is 1. The third-order valence-electron chi connectivity index (χ3n) is 4.21. The number of methoxy groups -OCH3 is 1. The van der Waals surface area contributed by atoms with Gasteiger partial charge in [-0.15, -0.1) is 0 Å². The summed E-state index contributed by atoms with van der Waals surface area (Å²) in [4.78, 5) is 22.0. The summed E-state index contributed by atoms with van der Waals surface area (Å²) in [6, 6.07) is 9.51. The predicted molar refractivity (Wildman–Crippen MR) is 97.4 cm³/mol. The van der Waals surface area contributed by atoms with Gasteiger partial charge >= 0.3 is 0 Å². The van der Waals surface area contributed by atoms with E-state index >= 15 is 0 Å². The molecule has 0 saturated carbocycles. The van der Waals surface area contributed by atoms with Gasteiger partial charge in [-0.05, 0) is 37.1 Å². The lowest BCUT2D eigenvalue weighted by Gasteiger charge is -2.15. The van der Waals surface area contributed by atoms with Gasteiger partial charge in [0, 0.05) is 37.7 Å². The number of nitrogens with zero attached hydrogens (tertiary/aromatic N) is 3. The monoisotopic (exact) mass is 341 g/mol. The first-order valence-electron chi connectivity index (χ1n) is 8.46. The van der Waals surface area contributed by atoms with E-state index in [-0.39, 0.29) is 11.9 Å². The number of rotatable bonds is 7. The second-order valence-electron chi connectivity index (χ2n) is 5.99. The Balaban J connectivity index is 1.59. The molecule has 1 saturated heterocycles. The highest BCUT2D eigenvalue weighted by atomic mass is 16.5. The van der Waals surface area contributed by atoms with Crippen LogP contribution in [0.2, 0.25) is 0 Å². The van der Waals surface area contributed by atoms with Gasteiger partial charge in [0.1, 0.15) is 11.6 Å². The Morgan fingerprint density at radius 1 is 1.28 bits per heavy atom. The number of nitrogens with two attached hydrogens (primary N) is 1. The average molecular weight is 341 g/mol. The minimum atomic E-state index is 0.227. The molecule has 0 aliphatic carbocycles. The fourth-order valence-electron chi connectivity index (χ4n) is 2.89. The molecule has 0 unspecified atom stereocenters. The Kier molecular flexibility index (Phi) is 5.33. The number of amides is 1. The lowest BCUT2D eigenvalue weighted by Crippen LogP contribution is -2.27. The van der Waals surface area contributed by atoms with Crippen molar-refractivity contribution in [2.75, 3.05) is 37.8 Å². The predicted octanol–water partition coefficient (Wildman–Crippen LogP) is 2.16. The first-order chi connectivity index (χ1) is 12.2. The molecule has 0 radical (unpaired) electrons. The Morgan fingerprint density at radius 2 is 2.08 bits per heavy atom. The van der Waals surface area contributed by atoms with Crippen LogP contribution in [-0.2, 0) is 4.79 Å². The number of hydrogen-bond donors (Lipinski definition) is 2. The summed E-state index contributed by atoms with van der Waals surface area (Å²) >= 11 is 0. The first kappa shape index (κ1) is 17.0. The van der Waals surface area contributed by atoms with Gasteiger partial charge < -0.3 is 20.7 Å². The van der Waals surface area contributed by atoms with Gasteiger partial charge in [0.2, 0.25) is 11.9 Å². The van der Waals surface area contributed by atoms with Crippen molar-refractivity contribution >= 4 is 17.7 Å². The molecular formula is C18H23N5O2. The molecule has 7 nitrogen and oxygen atoms in total. The van der Waals surface area contributed by atoms with E-state index in [1.807, 2.05) is 35.2 Å². The molecule has 0 spiro atoms. The van der Waals surface area contributed by atoms with Crippen LogP contribution in [0.15, 0.2) is 30.3 Å². The van der Waals surface area contributed by atoms with Crippen LogP contribution in [0.3, 0.4) is 0 Å². The average Bonchev–Trinajstić information content (AvgIpc) is 3.03. The largest absolute Gasteiger partial charge is 0.497 e. The fraction of sp³-hybridized carbons (Fsp3) is 0.389. The van der Waals surface area contributed by atoms with E-state index in [1.165, 1.54) is 0 Å². The summed E-state index contributed by atoms with van der Waals surface area (Å²) in [5, 5.41) is 3.26. The first-order valence-corrected chi connectivity index (χ1v) is 8.46. The van der Waals surface area contributed by atoms with Gasteiger partial charge in [0.25, 0.3) is 0 Å². The van der Waals surface area contributed by atoms with Crippen LogP contribution in [0.4, 0.5) is 11.8 Å². The third kappa shape index (κ3) is 4.37. The maximum absolute atomic E-state index is 11.6. The minimum absolute atomic E-state index is 0.227. The summed E-state index contributed by atoms with van der Waals surface area (Å²) < 4.78 is 5.17. The number of likely N-dealkylation sites (tertiary alicyclic amines) is 1. The molecule has 1 aromatic heterocycles. The Morgan fingerprint density at radius 3 is 2.76 bits per heavy atom. The molecule has 0 atom stereocenters. The van der Waals surface area contributed by atoms with Gasteiger partial charge in [-0.25, -0.2) is 4.98 Å². The van der Waals surface area contributed by atoms with Crippen LogP contribution in [0.1, 0.15) is 19.3 Å². The number of carbonyl (C=O) groups is 1. The molecule has 1 aliphatic heterocycles. The van der Waals surface area contributed by atoms with Crippen molar-refractivity contribution in [3.63, 3.8) is 0 Å². The van der Waals surface area contributed by atoms with Crippen molar-refractivity contribution in [3.8, 4) is 17.0 Å². The number of hydrogen-bond acceptors (Lipinski definition) is 6. The summed E-state index contributed by atoms with van der Waals surface area (Å²) in [7, 11) is 1.63. The molecule has 1 fully saturated rings. The number of nitrogens with one attached hydrogen (secondary N) is 1. The van der Waals surface area contributed by atoms with Crippen molar-refractivity contribution in [3.05, 3.63) is 30.3 Å². The van der Waals surface area contributed by atoms with Gasteiger partial charge in [-0.2, -0.15) is 4.98 Å². The second kappa shape index (κ2) is 7.83. The maximum Gasteiger partial charge on any atom is 0.222 e. The quantitative estimate of drug-likeness (QED) is 0.750. The Hall–Kier alpha value is -2.83. The van der Waals surface area contributed by atoms with E-state index in [0.717, 1.165) is 49.5 Å². The number of nitrogen functional groups attached to an aromatic ring is 1. The van der Waals surface area contributed by atoms with Gasteiger partial charge in [-0.3, -0.25) is 4.79 Å². The number of anilines is 2. The van der Waals surface area contributed by atoms with Crippen LogP contribution in [0, 0.1) is 0 Å². The van der Waals surface area contributed by atoms with Crippen LogP contribution in [0.5, 0.6) is 5.75 Å². The molecule has 1 amide bonds. The maximum atomic E-state index is 11.6. The fourth-order valence-corrected chi connectivity index (χ4v) is 2.89. The van der Waals surface area contributed by atoms with Gasteiger partial charge in [-0.1, -0.05) is 0 Å². The molecule has 0 bridgehead atoms. The molecule has 1 aliphatic rings. The molecule has 2 heterocycles. The van der Waals surface area contributed by atoms with Crippen molar-refractivity contribution in [2.24, 2.45) is 0 Å². The molecule has 7 heteroatoms. The topological polar surface area (TPSA) is 93.4 Å². The van der Waals surface area contributed by atoms with Gasteiger partial charge in [0.15, 0.2) is 0 Å². The summed E-state index contributed by atoms with van der Waals surface area (Å²) in [5.74, 6) is 1.96. The van der Waals surface area contributed by atoms with Crippen LogP contribution < -0.4 is 15.8 Å². The number of benzene rings is 1. The lowest BCUT2D eigenvalue weighted by molar-refractivity contribution is -0.127. The number of ether oxygens (including phenoxy) is 1. The lowest BCUT2D eigenvalue weighted by atomic mass is 10.1. The van der Waals surface area contributed by atoms with E-state index < -0.39 is 0 Å². The highest BCUT2D eigenvalue weighted by Crippen LogP contribution is 2.23. The van der Waals surface area contributed by atoms with Gasteiger partial charge in [0.05, 0.1) is 12.8 Å². The smallest absolute Gasteiger partial charge is 0.222 e. The molecule has 25 heavy (non-hydrogen) atoms. The van der Waals surface area contributed by atoms with Crippen molar-refractivity contribution < 1.29 is 9.53 Å². The molecule has 2 aromatic rings. The highest BCUT2D eigenvalue weighted by molar-refractivity contribution is 5.78. The zero-order chi connectivity index (χ0) is 17.6. The van der Waals surface area contributed by atoms with Crippen LogP contribution in [0.25, 0.3) is 11.3 Å². The molecule has 3 rings (SSSR count). The zero-order valence-electron chi connectivity index (χ0n) is 14.4. The number of aromatic nitrogens is 2. The van der Waals surface area contributed by atoms with Crippen molar-refractivity contribution in [2.45, 2.75) is 19.3 Å².